The van der Waals surface area contributed by atoms with E-state index in [0.29, 0.717) is 12.2 Å². The molecule has 160 valence electrons. The summed E-state index contributed by atoms with van der Waals surface area (Å²) in [5, 5.41) is 10.5. The van der Waals surface area contributed by atoms with Gasteiger partial charge in [-0.3, -0.25) is 9.59 Å². The van der Waals surface area contributed by atoms with Crippen molar-refractivity contribution in [2.45, 2.75) is 39.7 Å². The molecule has 2 amide bonds. The van der Waals surface area contributed by atoms with Gasteiger partial charge in [0.1, 0.15) is 17.6 Å². The Morgan fingerprint density at radius 2 is 1.94 bits per heavy atom. The molecule has 31 heavy (non-hydrogen) atoms. The van der Waals surface area contributed by atoms with Crippen molar-refractivity contribution >= 4 is 23.3 Å². The number of benzene rings is 2. The normalized spacial score (nSPS) is 14.8. The van der Waals surface area contributed by atoms with E-state index in [4.69, 9.17) is 4.74 Å². The van der Waals surface area contributed by atoms with E-state index in [-0.39, 0.29) is 18.2 Å². The van der Waals surface area contributed by atoms with Crippen molar-refractivity contribution in [1.29, 1.82) is 0 Å². The predicted molar refractivity (Wildman–Crippen MR) is 120 cm³/mol. The lowest BCUT2D eigenvalue weighted by Gasteiger charge is -2.11. The number of fused-ring (bicyclic) bond motifs is 1. The highest BCUT2D eigenvalue weighted by Gasteiger charge is 2.36. The van der Waals surface area contributed by atoms with E-state index in [9.17, 15) is 9.59 Å². The van der Waals surface area contributed by atoms with Crippen molar-refractivity contribution in [3.05, 3.63) is 59.3 Å². The van der Waals surface area contributed by atoms with Crippen LogP contribution in [0.5, 0.6) is 5.75 Å². The maximum Gasteiger partial charge on any atom is 0.251 e. The van der Waals surface area contributed by atoms with Crippen LogP contribution in [0.4, 0.5) is 11.5 Å². The Hall–Kier alpha value is -3.61. The number of carbonyl (C=O) groups excluding carboxylic acids is 2. The van der Waals surface area contributed by atoms with Crippen molar-refractivity contribution in [3.63, 3.8) is 0 Å². The molecule has 1 aromatic heterocycles. The second kappa shape index (κ2) is 8.26. The number of hydrogen-bond donors (Lipinski definition) is 2. The van der Waals surface area contributed by atoms with E-state index in [1.807, 2.05) is 63.2 Å². The van der Waals surface area contributed by atoms with Crippen LogP contribution in [-0.2, 0) is 16.0 Å². The van der Waals surface area contributed by atoms with Crippen LogP contribution < -0.4 is 15.4 Å². The summed E-state index contributed by atoms with van der Waals surface area (Å²) in [6.07, 6.45) is 0.706. The monoisotopic (exact) mass is 418 g/mol. The number of rotatable bonds is 6. The molecule has 2 N–H and O–H groups in total. The lowest BCUT2D eigenvalue weighted by atomic mass is 10.0. The van der Waals surface area contributed by atoms with Crippen LogP contribution >= 0.6 is 0 Å². The average molecular weight is 418 g/mol. The number of aryl methyl sites for hydroxylation is 3. The van der Waals surface area contributed by atoms with Gasteiger partial charge in [-0.2, -0.15) is 5.10 Å². The average Bonchev–Trinajstić information content (AvgIpc) is 3.22. The fraction of sp³-hybridized carbons (Fsp3) is 0.292. The summed E-state index contributed by atoms with van der Waals surface area (Å²) in [6.45, 7) is 5.98. The van der Waals surface area contributed by atoms with Crippen molar-refractivity contribution in [3.8, 4) is 16.9 Å². The van der Waals surface area contributed by atoms with Gasteiger partial charge in [0.15, 0.2) is 0 Å². The molecule has 1 unspecified atom stereocenters. The molecule has 0 fully saturated rings. The largest absolute Gasteiger partial charge is 0.497 e. The molecule has 3 aromatic rings. The summed E-state index contributed by atoms with van der Waals surface area (Å²) < 4.78 is 7.00. The number of hydrogen-bond acceptors (Lipinski definition) is 4. The quantitative estimate of drug-likeness (QED) is 0.626. The molecule has 0 saturated carbocycles. The minimum Gasteiger partial charge on any atom is -0.497 e. The molecule has 0 saturated heterocycles. The third-order valence-corrected chi connectivity index (χ3v) is 5.40. The molecule has 0 radical (unpaired) electrons. The van der Waals surface area contributed by atoms with Crippen LogP contribution in [0.3, 0.4) is 0 Å². The number of nitrogens with one attached hydrogen (secondary N) is 2. The molecule has 0 spiro atoms. The van der Waals surface area contributed by atoms with E-state index >= 15 is 0 Å². The lowest BCUT2D eigenvalue weighted by molar-refractivity contribution is -0.123. The Kier molecular flexibility index (Phi) is 5.50. The summed E-state index contributed by atoms with van der Waals surface area (Å²) in [6, 6.07) is 12.8. The smallest absolute Gasteiger partial charge is 0.251 e. The molecule has 0 aliphatic carbocycles. The zero-order chi connectivity index (χ0) is 22.1. The van der Waals surface area contributed by atoms with Crippen LogP contribution in [0.1, 0.15) is 36.2 Å². The summed E-state index contributed by atoms with van der Waals surface area (Å²) in [5.41, 5.74) is 5.51. The van der Waals surface area contributed by atoms with E-state index in [1.165, 1.54) is 0 Å². The van der Waals surface area contributed by atoms with Crippen LogP contribution in [0, 0.1) is 13.8 Å². The van der Waals surface area contributed by atoms with Crippen LogP contribution in [0.2, 0.25) is 0 Å². The highest BCUT2D eigenvalue weighted by molar-refractivity contribution is 6.04. The molecule has 1 aliphatic heterocycles. The first-order chi connectivity index (χ1) is 14.9. The number of amides is 2. The maximum absolute atomic E-state index is 12.7. The number of nitrogens with zero attached hydrogens (tertiary/aromatic N) is 2. The van der Waals surface area contributed by atoms with Gasteiger partial charge in [0.25, 0.3) is 5.91 Å². The fourth-order valence-corrected chi connectivity index (χ4v) is 4.08. The summed E-state index contributed by atoms with van der Waals surface area (Å²) in [7, 11) is 1.62. The highest BCUT2D eigenvalue weighted by Crippen LogP contribution is 2.39. The lowest BCUT2D eigenvalue weighted by Crippen LogP contribution is -2.24. The molecule has 1 aliphatic rings. The fourth-order valence-electron chi connectivity index (χ4n) is 4.08. The standard InChI is InChI=1S/C24H26N4O3/c1-5-19-22(16-7-6-8-18(12-16)31-4)23-26-24(30)20(28(23)27-19)13-21(29)25-17-10-14(2)9-15(3)11-17/h6-12,20H,5,13H2,1-4H3,(H,25,29)(H,26,30). The van der Waals surface area contributed by atoms with Gasteiger partial charge < -0.3 is 15.4 Å². The number of anilines is 2. The van der Waals surface area contributed by atoms with Gasteiger partial charge in [-0.05, 0) is 61.2 Å². The zero-order valence-electron chi connectivity index (χ0n) is 18.2. The molecule has 2 heterocycles. The number of aromatic nitrogens is 2. The maximum atomic E-state index is 12.7. The first-order valence-electron chi connectivity index (χ1n) is 10.3. The molecule has 7 heteroatoms. The van der Waals surface area contributed by atoms with Crippen molar-refractivity contribution in [1.82, 2.24) is 9.78 Å². The van der Waals surface area contributed by atoms with Crippen molar-refractivity contribution in [2.24, 2.45) is 0 Å². The van der Waals surface area contributed by atoms with E-state index in [1.54, 1.807) is 11.8 Å². The number of ether oxygens (including phenoxy) is 1. The van der Waals surface area contributed by atoms with Gasteiger partial charge >= 0.3 is 0 Å². The Morgan fingerprint density at radius 1 is 1.19 bits per heavy atom. The molecular weight excluding hydrogens is 392 g/mol. The number of carbonyl (C=O) groups is 2. The molecule has 1 atom stereocenters. The molecule has 4 rings (SSSR count). The van der Waals surface area contributed by atoms with E-state index in [2.05, 4.69) is 15.7 Å². The Morgan fingerprint density at radius 3 is 2.61 bits per heavy atom. The molecular formula is C24H26N4O3. The topological polar surface area (TPSA) is 85.2 Å². The molecule has 0 bridgehead atoms. The van der Waals surface area contributed by atoms with Crippen molar-refractivity contribution < 1.29 is 14.3 Å². The molecule has 7 nitrogen and oxygen atoms in total. The highest BCUT2D eigenvalue weighted by atomic mass is 16.5. The SMILES string of the molecule is CCc1nn2c(c1-c1cccc(OC)c1)NC(=O)C2CC(=O)Nc1cc(C)cc(C)c1. The van der Waals surface area contributed by atoms with Crippen LogP contribution in [0.25, 0.3) is 11.1 Å². The zero-order valence-corrected chi connectivity index (χ0v) is 18.2. The summed E-state index contributed by atoms with van der Waals surface area (Å²) in [4.78, 5) is 25.4. The van der Waals surface area contributed by atoms with E-state index < -0.39 is 6.04 Å². The van der Waals surface area contributed by atoms with Gasteiger partial charge in [0.2, 0.25) is 5.91 Å². The van der Waals surface area contributed by atoms with Gasteiger partial charge in [-0.25, -0.2) is 4.68 Å². The third-order valence-electron chi connectivity index (χ3n) is 5.40. The minimum atomic E-state index is -0.689. The number of methoxy groups -OCH3 is 1. The first kappa shape index (κ1) is 20.7. The van der Waals surface area contributed by atoms with Gasteiger partial charge in [0.05, 0.1) is 19.2 Å². The Labute approximate surface area is 181 Å². The third kappa shape index (κ3) is 4.03. The van der Waals surface area contributed by atoms with Crippen LogP contribution in [-0.4, -0.2) is 28.7 Å². The van der Waals surface area contributed by atoms with Gasteiger partial charge in [-0.1, -0.05) is 25.1 Å². The Bertz CT molecular complexity index is 1150. The van der Waals surface area contributed by atoms with Crippen molar-refractivity contribution in [2.75, 3.05) is 17.7 Å². The predicted octanol–water partition coefficient (Wildman–Crippen LogP) is 4.26. The molecule has 2 aromatic carbocycles. The second-order valence-corrected chi connectivity index (χ2v) is 7.83. The minimum absolute atomic E-state index is 0.00814. The first-order valence-corrected chi connectivity index (χ1v) is 10.3. The summed E-state index contributed by atoms with van der Waals surface area (Å²) in [5.74, 6) is 0.895. The Balaban J connectivity index is 1.62. The van der Waals surface area contributed by atoms with Crippen LogP contribution in [0.15, 0.2) is 42.5 Å². The second-order valence-electron chi connectivity index (χ2n) is 7.83. The van der Waals surface area contributed by atoms with Gasteiger partial charge in [-0.15, -0.1) is 0 Å². The van der Waals surface area contributed by atoms with Gasteiger partial charge in [0, 0.05) is 11.3 Å². The summed E-state index contributed by atoms with van der Waals surface area (Å²) >= 11 is 0. The van der Waals surface area contributed by atoms with E-state index in [0.717, 1.165) is 39.4 Å².